The SMILES string of the molecule is NCC(=O)Nc1cc(N)ccn1. The first-order chi connectivity index (χ1) is 5.72. The van der Waals surface area contributed by atoms with Crippen molar-refractivity contribution < 1.29 is 4.79 Å². The highest BCUT2D eigenvalue weighted by atomic mass is 16.1. The number of hydrogen-bond donors (Lipinski definition) is 3. The van der Waals surface area contributed by atoms with Crippen molar-refractivity contribution >= 4 is 17.4 Å². The second kappa shape index (κ2) is 3.68. The molecule has 0 radical (unpaired) electrons. The van der Waals surface area contributed by atoms with E-state index in [4.69, 9.17) is 11.5 Å². The normalized spacial score (nSPS) is 9.42. The quantitative estimate of drug-likeness (QED) is 0.555. The molecule has 12 heavy (non-hydrogen) atoms. The summed E-state index contributed by atoms with van der Waals surface area (Å²) >= 11 is 0. The molecule has 5 nitrogen and oxygen atoms in total. The van der Waals surface area contributed by atoms with Crippen LogP contribution in [0.25, 0.3) is 0 Å². The lowest BCUT2D eigenvalue weighted by atomic mass is 10.4. The lowest BCUT2D eigenvalue weighted by Gasteiger charge is -2.01. The van der Waals surface area contributed by atoms with E-state index in [2.05, 4.69) is 10.3 Å². The third-order valence-electron chi connectivity index (χ3n) is 1.24. The highest BCUT2D eigenvalue weighted by Crippen LogP contribution is 2.06. The van der Waals surface area contributed by atoms with Crippen LogP contribution in [0.15, 0.2) is 18.3 Å². The van der Waals surface area contributed by atoms with Gasteiger partial charge in [0.25, 0.3) is 0 Å². The van der Waals surface area contributed by atoms with Gasteiger partial charge in [-0.2, -0.15) is 0 Å². The zero-order chi connectivity index (χ0) is 8.97. The molecular formula is C7H10N4O. The van der Waals surface area contributed by atoms with E-state index in [0.717, 1.165) is 0 Å². The Morgan fingerprint density at radius 3 is 3.00 bits per heavy atom. The fourth-order valence-electron chi connectivity index (χ4n) is 0.709. The van der Waals surface area contributed by atoms with E-state index in [1.165, 1.54) is 6.20 Å². The maximum atomic E-state index is 10.8. The smallest absolute Gasteiger partial charge is 0.239 e. The second-order valence-electron chi connectivity index (χ2n) is 2.23. The van der Waals surface area contributed by atoms with Crippen LogP contribution in [0.4, 0.5) is 11.5 Å². The number of pyridine rings is 1. The average Bonchev–Trinajstić information content (AvgIpc) is 2.04. The number of rotatable bonds is 2. The number of nitrogens with zero attached hydrogens (tertiary/aromatic N) is 1. The van der Waals surface area contributed by atoms with E-state index in [1.807, 2.05) is 0 Å². The van der Waals surface area contributed by atoms with E-state index >= 15 is 0 Å². The zero-order valence-corrected chi connectivity index (χ0v) is 6.45. The Balaban J connectivity index is 2.69. The fraction of sp³-hybridized carbons (Fsp3) is 0.143. The van der Waals surface area contributed by atoms with Crippen LogP contribution in [-0.4, -0.2) is 17.4 Å². The minimum atomic E-state index is -0.284. The first-order valence-electron chi connectivity index (χ1n) is 3.44. The molecule has 1 amide bonds. The Bertz CT molecular complexity index is 286. The molecule has 0 atom stereocenters. The molecule has 0 saturated carbocycles. The van der Waals surface area contributed by atoms with Gasteiger partial charge in [-0.3, -0.25) is 4.79 Å². The highest BCUT2D eigenvalue weighted by Gasteiger charge is 1.99. The standard InChI is InChI=1S/C7H10N4O/c8-4-7(12)11-6-3-5(9)1-2-10-6/h1-3H,4,8H2,(H3,9,10,11,12). The Labute approximate surface area is 69.8 Å². The lowest BCUT2D eigenvalue weighted by molar-refractivity contribution is -0.114. The molecule has 0 spiro atoms. The van der Waals surface area contributed by atoms with Crippen molar-refractivity contribution in [2.24, 2.45) is 5.73 Å². The van der Waals surface area contributed by atoms with Crippen LogP contribution >= 0.6 is 0 Å². The topological polar surface area (TPSA) is 94.0 Å². The van der Waals surface area contributed by atoms with Gasteiger partial charge in [0.15, 0.2) is 0 Å². The summed E-state index contributed by atoms with van der Waals surface area (Å²) in [6.45, 7) is -0.0590. The lowest BCUT2D eigenvalue weighted by Crippen LogP contribution is -2.22. The van der Waals surface area contributed by atoms with E-state index < -0.39 is 0 Å². The molecule has 0 aromatic carbocycles. The summed E-state index contributed by atoms with van der Waals surface area (Å²) < 4.78 is 0. The van der Waals surface area contributed by atoms with E-state index in [0.29, 0.717) is 11.5 Å². The van der Waals surface area contributed by atoms with Gasteiger partial charge in [-0.1, -0.05) is 0 Å². The monoisotopic (exact) mass is 166 g/mol. The van der Waals surface area contributed by atoms with Crippen LogP contribution in [0.1, 0.15) is 0 Å². The summed E-state index contributed by atoms with van der Waals surface area (Å²) in [5.41, 5.74) is 11.1. The number of aromatic nitrogens is 1. The Kier molecular flexibility index (Phi) is 2.60. The predicted octanol–water partition coefficient (Wildman–Crippen LogP) is -0.439. The van der Waals surface area contributed by atoms with E-state index in [-0.39, 0.29) is 12.5 Å². The van der Waals surface area contributed by atoms with Gasteiger partial charge in [0, 0.05) is 18.0 Å². The molecule has 1 aromatic heterocycles. The fourth-order valence-corrected chi connectivity index (χ4v) is 0.709. The molecule has 0 fully saturated rings. The molecule has 1 rings (SSSR count). The first-order valence-corrected chi connectivity index (χ1v) is 3.44. The van der Waals surface area contributed by atoms with Gasteiger partial charge in [0.05, 0.1) is 6.54 Å². The van der Waals surface area contributed by atoms with Crippen molar-refractivity contribution in [3.63, 3.8) is 0 Å². The largest absolute Gasteiger partial charge is 0.399 e. The molecule has 0 bridgehead atoms. The average molecular weight is 166 g/mol. The minimum Gasteiger partial charge on any atom is -0.399 e. The molecule has 0 aliphatic heterocycles. The molecule has 0 unspecified atom stereocenters. The van der Waals surface area contributed by atoms with Crippen molar-refractivity contribution in [3.8, 4) is 0 Å². The van der Waals surface area contributed by atoms with E-state index in [9.17, 15) is 4.79 Å². The van der Waals surface area contributed by atoms with Crippen LogP contribution in [0, 0.1) is 0 Å². The number of hydrogen-bond acceptors (Lipinski definition) is 4. The summed E-state index contributed by atoms with van der Waals surface area (Å²) in [6.07, 6.45) is 1.52. The summed E-state index contributed by atoms with van der Waals surface area (Å²) in [6, 6.07) is 3.20. The van der Waals surface area contributed by atoms with E-state index in [1.54, 1.807) is 12.1 Å². The van der Waals surface area contributed by atoms with Gasteiger partial charge in [-0.15, -0.1) is 0 Å². The molecule has 64 valence electrons. The molecule has 0 saturated heterocycles. The first kappa shape index (κ1) is 8.48. The number of carbonyl (C=O) groups excluding carboxylic acids is 1. The Morgan fingerprint density at radius 2 is 2.42 bits per heavy atom. The van der Waals surface area contributed by atoms with Crippen molar-refractivity contribution in [2.45, 2.75) is 0 Å². The van der Waals surface area contributed by atoms with Gasteiger partial charge in [-0.25, -0.2) is 4.98 Å². The third-order valence-corrected chi connectivity index (χ3v) is 1.24. The number of anilines is 2. The molecule has 0 aliphatic rings. The van der Waals surface area contributed by atoms with Gasteiger partial charge in [-0.05, 0) is 6.07 Å². The summed E-state index contributed by atoms with van der Waals surface area (Å²) in [7, 11) is 0. The van der Waals surface area contributed by atoms with Crippen molar-refractivity contribution in [2.75, 3.05) is 17.6 Å². The minimum absolute atomic E-state index is 0.0590. The summed E-state index contributed by atoms with van der Waals surface area (Å²) in [5.74, 6) is 0.138. The predicted molar refractivity (Wildman–Crippen MR) is 46.3 cm³/mol. The maximum Gasteiger partial charge on any atom is 0.239 e. The van der Waals surface area contributed by atoms with Crippen molar-refractivity contribution in [1.29, 1.82) is 0 Å². The van der Waals surface area contributed by atoms with Gasteiger partial charge < -0.3 is 16.8 Å². The van der Waals surface area contributed by atoms with Gasteiger partial charge >= 0.3 is 0 Å². The van der Waals surface area contributed by atoms with Crippen LogP contribution < -0.4 is 16.8 Å². The maximum absolute atomic E-state index is 10.8. The van der Waals surface area contributed by atoms with Crippen LogP contribution in [0.3, 0.4) is 0 Å². The number of amides is 1. The molecular weight excluding hydrogens is 156 g/mol. The Hall–Kier alpha value is -1.62. The zero-order valence-electron chi connectivity index (χ0n) is 6.45. The summed E-state index contributed by atoms with van der Waals surface area (Å²) in [5, 5.41) is 2.48. The number of nitrogen functional groups attached to an aromatic ring is 1. The number of nitrogens with two attached hydrogens (primary N) is 2. The van der Waals surface area contributed by atoms with Crippen molar-refractivity contribution in [1.82, 2.24) is 4.98 Å². The van der Waals surface area contributed by atoms with Crippen molar-refractivity contribution in [3.05, 3.63) is 18.3 Å². The Morgan fingerprint density at radius 1 is 1.67 bits per heavy atom. The molecule has 1 aromatic rings. The van der Waals surface area contributed by atoms with Gasteiger partial charge in [0.1, 0.15) is 5.82 Å². The van der Waals surface area contributed by atoms with Crippen LogP contribution in [0.5, 0.6) is 0 Å². The molecule has 0 aliphatic carbocycles. The molecule has 5 N–H and O–H groups in total. The highest BCUT2D eigenvalue weighted by molar-refractivity contribution is 5.91. The number of nitrogens with one attached hydrogen (secondary N) is 1. The van der Waals surface area contributed by atoms with Gasteiger partial charge in [0.2, 0.25) is 5.91 Å². The second-order valence-corrected chi connectivity index (χ2v) is 2.23. The molecule has 5 heteroatoms. The number of carbonyl (C=O) groups is 1. The summed E-state index contributed by atoms with van der Waals surface area (Å²) in [4.78, 5) is 14.6. The molecule has 1 heterocycles. The third kappa shape index (κ3) is 2.21. The van der Waals surface area contributed by atoms with Crippen LogP contribution in [0.2, 0.25) is 0 Å². The van der Waals surface area contributed by atoms with Crippen LogP contribution in [-0.2, 0) is 4.79 Å².